The Morgan fingerprint density at radius 2 is 1.11 bits per heavy atom. The van der Waals surface area contributed by atoms with Crippen molar-refractivity contribution in [1.29, 1.82) is 0 Å². The molecule has 0 aliphatic carbocycles. The molecule has 0 N–H and O–H groups in total. The van der Waals surface area contributed by atoms with Crippen LogP contribution in [0.15, 0.2) is 66.7 Å². The lowest BCUT2D eigenvalue weighted by Gasteiger charge is -2.06. The molecule has 0 aromatic heterocycles. The van der Waals surface area contributed by atoms with E-state index in [1.165, 1.54) is 16.7 Å². The molecule has 1 unspecified atom stereocenters. The van der Waals surface area contributed by atoms with E-state index in [4.69, 9.17) is 40.0 Å². The highest BCUT2D eigenvalue weighted by atomic mass is 35.5. The second kappa shape index (κ2) is 18.4. The Balaban J connectivity index is 0.000000286. The first kappa shape index (κ1) is 31.1. The molecular weight excluding hydrogens is 480 g/mol. The van der Waals surface area contributed by atoms with E-state index in [1.54, 1.807) is 42.7 Å². The molecule has 0 amide bonds. The van der Waals surface area contributed by atoms with Crippen molar-refractivity contribution in [2.75, 3.05) is 55.9 Å². The standard InChI is InChI=1S/C14H14O2.C9H12O2.C6H13ClO2/c1-15-13-7-3-11(4-8-13)12-5-9-14(16-2)10-6-12;1-7-4-5-8(10-2)9(6-7)11-3;1-8-4-3-6(7)5-9-2/h3-10H,1-2H3;4-6H,1-3H3;6H,3-5H2,1-2H3. The molecule has 0 bridgehead atoms. The number of hydrogen-bond donors (Lipinski definition) is 0. The van der Waals surface area contributed by atoms with E-state index in [-0.39, 0.29) is 5.38 Å². The number of hydrogen-bond acceptors (Lipinski definition) is 6. The lowest BCUT2D eigenvalue weighted by Crippen LogP contribution is -2.09. The fourth-order valence-corrected chi connectivity index (χ4v) is 3.24. The fraction of sp³-hybridized carbons (Fsp3) is 0.379. The molecule has 198 valence electrons. The molecule has 0 heterocycles. The van der Waals surface area contributed by atoms with E-state index < -0.39 is 0 Å². The van der Waals surface area contributed by atoms with Crippen molar-refractivity contribution in [1.82, 2.24) is 0 Å². The van der Waals surface area contributed by atoms with E-state index in [2.05, 4.69) is 0 Å². The Bertz CT molecular complexity index is 915. The summed E-state index contributed by atoms with van der Waals surface area (Å²) in [5, 5.41) is 0.0925. The van der Waals surface area contributed by atoms with E-state index >= 15 is 0 Å². The molecule has 0 radical (unpaired) electrons. The second-order valence-electron chi connectivity index (χ2n) is 7.65. The molecule has 0 aliphatic heterocycles. The van der Waals surface area contributed by atoms with Gasteiger partial charge in [-0.2, -0.15) is 0 Å². The molecule has 3 aromatic rings. The Morgan fingerprint density at radius 3 is 1.50 bits per heavy atom. The normalized spacial score (nSPS) is 10.7. The first-order valence-electron chi connectivity index (χ1n) is 11.5. The Hall–Kier alpha value is -2.93. The van der Waals surface area contributed by atoms with Crippen LogP contribution >= 0.6 is 11.6 Å². The molecule has 7 heteroatoms. The Labute approximate surface area is 221 Å². The zero-order valence-corrected chi connectivity index (χ0v) is 23.1. The average molecular weight is 519 g/mol. The van der Waals surface area contributed by atoms with E-state index in [0.29, 0.717) is 13.2 Å². The summed E-state index contributed by atoms with van der Waals surface area (Å²) in [5.41, 5.74) is 3.51. The van der Waals surface area contributed by atoms with Gasteiger partial charge in [-0.3, -0.25) is 0 Å². The van der Waals surface area contributed by atoms with Crippen LogP contribution in [0, 0.1) is 6.92 Å². The van der Waals surface area contributed by atoms with Gasteiger partial charge in [0.1, 0.15) is 11.5 Å². The maximum Gasteiger partial charge on any atom is 0.160 e. The van der Waals surface area contributed by atoms with Gasteiger partial charge in [-0.15, -0.1) is 11.6 Å². The SMILES string of the molecule is COCCC(Cl)COC.COc1ccc(-c2ccc(OC)cc2)cc1.COc1ccc(C)cc1OC. The van der Waals surface area contributed by atoms with Crippen LogP contribution in [0.1, 0.15) is 12.0 Å². The van der Waals surface area contributed by atoms with Gasteiger partial charge in [-0.25, -0.2) is 0 Å². The van der Waals surface area contributed by atoms with Gasteiger partial charge in [0.25, 0.3) is 0 Å². The fourth-order valence-electron chi connectivity index (χ4n) is 3.02. The van der Waals surface area contributed by atoms with Crippen molar-refractivity contribution in [3.63, 3.8) is 0 Å². The summed E-state index contributed by atoms with van der Waals surface area (Å²) in [6.07, 6.45) is 0.853. The molecule has 3 aromatic carbocycles. The summed E-state index contributed by atoms with van der Waals surface area (Å²) in [6, 6.07) is 21.8. The zero-order chi connectivity index (χ0) is 26.8. The highest BCUT2D eigenvalue weighted by Crippen LogP contribution is 2.27. The molecule has 0 fully saturated rings. The summed E-state index contributed by atoms with van der Waals surface area (Å²) in [6.45, 7) is 3.32. The average Bonchev–Trinajstić information content (AvgIpc) is 2.93. The lowest BCUT2D eigenvalue weighted by atomic mass is 10.1. The van der Waals surface area contributed by atoms with E-state index in [1.807, 2.05) is 73.7 Å². The van der Waals surface area contributed by atoms with Crippen molar-refractivity contribution in [2.24, 2.45) is 0 Å². The number of aryl methyl sites for hydroxylation is 1. The third-order valence-corrected chi connectivity index (χ3v) is 5.38. The summed E-state index contributed by atoms with van der Waals surface area (Å²) in [4.78, 5) is 0. The van der Waals surface area contributed by atoms with Crippen LogP contribution < -0.4 is 18.9 Å². The third kappa shape index (κ3) is 11.7. The highest BCUT2D eigenvalue weighted by molar-refractivity contribution is 6.20. The molecule has 3 rings (SSSR count). The molecule has 6 nitrogen and oxygen atoms in total. The van der Waals surface area contributed by atoms with Crippen LogP contribution in [0.3, 0.4) is 0 Å². The largest absolute Gasteiger partial charge is 0.497 e. The number of ether oxygens (including phenoxy) is 6. The van der Waals surface area contributed by atoms with Gasteiger partial charge in [-0.1, -0.05) is 30.3 Å². The van der Waals surface area contributed by atoms with Crippen LogP contribution in [-0.4, -0.2) is 61.2 Å². The molecule has 0 spiro atoms. The minimum Gasteiger partial charge on any atom is -0.497 e. The maximum absolute atomic E-state index is 5.75. The van der Waals surface area contributed by atoms with Crippen LogP contribution in [0.5, 0.6) is 23.0 Å². The smallest absolute Gasteiger partial charge is 0.160 e. The minimum absolute atomic E-state index is 0.0925. The van der Waals surface area contributed by atoms with Crippen LogP contribution in [-0.2, 0) is 9.47 Å². The van der Waals surface area contributed by atoms with Crippen LogP contribution in [0.2, 0.25) is 0 Å². The first-order chi connectivity index (χ1) is 17.4. The van der Waals surface area contributed by atoms with Crippen molar-refractivity contribution in [3.05, 3.63) is 72.3 Å². The van der Waals surface area contributed by atoms with Crippen molar-refractivity contribution in [2.45, 2.75) is 18.7 Å². The van der Waals surface area contributed by atoms with Crippen LogP contribution in [0.4, 0.5) is 0 Å². The summed E-state index contributed by atoms with van der Waals surface area (Å²) in [7, 11) is 9.91. The number of alkyl halides is 1. The Kier molecular flexibility index (Phi) is 15.9. The Morgan fingerprint density at radius 1 is 0.611 bits per heavy atom. The van der Waals surface area contributed by atoms with E-state index in [9.17, 15) is 0 Å². The third-order valence-electron chi connectivity index (χ3n) is 5.04. The summed E-state index contributed by atoms with van der Waals surface area (Å²) < 4.78 is 30.0. The quantitative estimate of drug-likeness (QED) is 0.280. The predicted octanol–water partition coefficient (Wildman–Crippen LogP) is 6.66. The lowest BCUT2D eigenvalue weighted by molar-refractivity contribution is 0.162. The van der Waals surface area contributed by atoms with Crippen molar-refractivity contribution in [3.8, 4) is 34.1 Å². The first-order valence-corrected chi connectivity index (χ1v) is 11.9. The number of halogens is 1. The van der Waals surface area contributed by atoms with Gasteiger partial charge in [-0.05, 0) is 66.4 Å². The summed E-state index contributed by atoms with van der Waals surface area (Å²) >= 11 is 5.75. The van der Waals surface area contributed by atoms with Gasteiger partial charge in [0.05, 0.1) is 40.4 Å². The number of methoxy groups -OCH3 is 6. The summed E-state index contributed by atoms with van der Waals surface area (Å²) in [5.74, 6) is 3.31. The topological polar surface area (TPSA) is 55.4 Å². The minimum atomic E-state index is 0.0925. The highest BCUT2D eigenvalue weighted by Gasteiger charge is 2.02. The molecule has 36 heavy (non-hydrogen) atoms. The molecular formula is C29H39ClO6. The van der Waals surface area contributed by atoms with Gasteiger partial charge in [0.15, 0.2) is 11.5 Å². The number of benzene rings is 3. The predicted molar refractivity (Wildman–Crippen MR) is 147 cm³/mol. The molecule has 0 aliphatic rings. The van der Waals surface area contributed by atoms with Gasteiger partial charge < -0.3 is 28.4 Å². The van der Waals surface area contributed by atoms with Crippen molar-refractivity contribution < 1.29 is 28.4 Å². The maximum atomic E-state index is 5.75. The van der Waals surface area contributed by atoms with Crippen LogP contribution in [0.25, 0.3) is 11.1 Å². The second-order valence-corrected chi connectivity index (χ2v) is 8.27. The molecule has 0 saturated carbocycles. The van der Waals surface area contributed by atoms with Gasteiger partial charge >= 0.3 is 0 Å². The molecule has 0 saturated heterocycles. The van der Waals surface area contributed by atoms with Crippen molar-refractivity contribution >= 4 is 11.6 Å². The zero-order valence-electron chi connectivity index (χ0n) is 22.4. The van der Waals surface area contributed by atoms with Gasteiger partial charge in [0.2, 0.25) is 0 Å². The molecule has 1 atom stereocenters. The van der Waals surface area contributed by atoms with Gasteiger partial charge in [0, 0.05) is 20.8 Å². The number of rotatable bonds is 10. The van der Waals surface area contributed by atoms with E-state index in [0.717, 1.165) is 29.4 Å². The monoisotopic (exact) mass is 518 g/mol.